The van der Waals surface area contributed by atoms with Crippen LogP contribution in [0.1, 0.15) is 12.8 Å². The maximum absolute atomic E-state index is 12.9. The topological polar surface area (TPSA) is 118 Å². The van der Waals surface area contributed by atoms with Crippen molar-refractivity contribution in [1.82, 2.24) is 5.12 Å². The summed E-state index contributed by atoms with van der Waals surface area (Å²) in [5.74, 6) is -1.42. The van der Waals surface area contributed by atoms with Crippen LogP contribution in [0.15, 0.2) is 34.7 Å². The fourth-order valence-electron chi connectivity index (χ4n) is 2.93. The standard InChI is InChI=1S/C15H14N4O6/c1-24-10-5-3-9(4-6-10)18-12(20)8-15(14(18)22)7-11(13(21)25-2)16-19(15)17-23/h3-6H,7-8H2,1-2H3. The third-order valence-electron chi connectivity index (χ3n) is 4.18. The van der Waals surface area contributed by atoms with Crippen molar-refractivity contribution in [2.75, 3.05) is 19.1 Å². The van der Waals surface area contributed by atoms with Gasteiger partial charge in [0.15, 0.2) is 11.3 Å². The van der Waals surface area contributed by atoms with E-state index in [4.69, 9.17) is 4.74 Å². The number of carbonyl (C=O) groups excluding carboxylic acids is 3. The number of rotatable bonds is 4. The molecule has 10 nitrogen and oxygen atoms in total. The van der Waals surface area contributed by atoms with Gasteiger partial charge in [0.2, 0.25) is 5.91 Å². The van der Waals surface area contributed by atoms with Gasteiger partial charge < -0.3 is 9.47 Å². The number of methoxy groups -OCH3 is 2. The highest BCUT2D eigenvalue weighted by Gasteiger charge is 2.61. The predicted octanol–water partition coefficient (Wildman–Crippen LogP) is 0.613. The Balaban J connectivity index is 1.95. The predicted molar refractivity (Wildman–Crippen MR) is 84.5 cm³/mol. The minimum Gasteiger partial charge on any atom is -0.497 e. The number of nitroso groups, excluding NO2 is 1. The number of ether oxygens (including phenoxy) is 2. The lowest BCUT2D eigenvalue weighted by molar-refractivity contribution is -0.132. The summed E-state index contributed by atoms with van der Waals surface area (Å²) in [5.41, 5.74) is -1.45. The maximum atomic E-state index is 12.9. The maximum Gasteiger partial charge on any atom is 0.354 e. The van der Waals surface area contributed by atoms with E-state index in [1.807, 2.05) is 0 Å². The van der Waals surface area contributed by atoms with Crippen LogP contribution in [0.2, 0.25) is 0 Å². The molecule has 1 saturated heterocycles. The number of benzene rings is 1. The normalized spacial score (nSPS) is 22.4. The van der Waals surface area contributed by atoms with E-state index in [1.165, 1.54) is 7.11 Å². The molecule has 2 heterocycles. The fraction of sp³-hybridized carbons (Fsp3) is 0.333. The number of imide groups is 1. The van der Waals surface area contributed by atoms with Crippen molar-refractivity contribution in [3.63, 3.8) is 0 Å². The molecule has 0 saturated carbocycles. The first-order chi connectivity index (χ1) is 12.0. The molecular weight excluding hydrogens is 332 g/mol. The monoisotopic (exact) mass is 346 g/mol. The van der Waals surface area contributed by atoms with Crippen LogP contribution in [0.3, 0.4) is 0 Å². The summed E-state index contributed by atoms with van der Waals surface area (Å²) in [6.45, 7) is 0. The molecule has 0 aromatic heterocycles. The summed E-state index contributed by atoms with van der Waals surface area (Å²) in [7, 11) is 2.65. The molecule has 0 aliphatic carbocycles. The van der Waals surface area contributed by atoms with Crippen LogP contribution in [0.5, 0.6) is 5.75 Å². The Kier molecular flexibility index (Phi) is 3.95. The molecule has 3 rings (SSSR count). The zero-order chi connectivity index (χ0) is 18.2. The number of hydrazone groups is 1. The van der Waals surface area contributed by atoms with Gasteiger partial charge in [0.05, 0.1) is 31.6 Å². The van der Waals surface area contributed by atoms with Crippen LogP contribution in [0.25, 0.3) is 0 Å². The van der Waals surface area contributed by atoms with E-state index in [2.05, 4.69) is 15.1 Å². The number of esters is 1. The van der Waals surface area contributed by atoms with Crippen molar-refractivity contribution in [3.05, 3.63) is 29.2 Å². The van der Waals surface area contributed by atoms with Gasteiger partial charge in [0, 0.05) is 6.42 Å². The number of nitrogens with zero attached hydrogens (tertiary/aromatic N) is 4. The first-order valence-corrected chi connectivity index (χ1v) is 7.27. The molecule has 2 aliphatic rings. The summed E-state index contributed by atoms with van der Waals surface area (Å²) < 4.78 is 9.61. The quantitative estimate of drug-likeness (QED) is 0.445. The van der Waals surface area contributed by atoms with Gasteiger partial charge in [0.1, 0.15) is 5.75 Å². The summed E-state index contributed by atoms with van der Waals surface area (Å²) in [4.78, 5) is 49.1. The third kappa shape index (κ3) is 2.42. The van der Waals surface area contributed by atoms with Gasteiger partial charge in [-0.05, 0) is 24.3 Å². The SMILES string of the molecule is COC(=O)C1=NN(N=O)C2(CC(=O)N(c3ccc(OC)cc3)C2=O)C1. The van der Waals surface area contributed by atoms with Crippen LogP contribution in [0.4, 0.5) is 5.69 Å². The molecule has 1 fully saturated rings. The molecular formula is C15H14N4O6. The number of anilines is 1. The van der Waals surface area contributed by atoms with Crippen LogP contribution in [-0.2, 0) is 19.1 Å². The second-order valence-corrected chi connectivity index (χ2v) is 5.53. The highest BCUT2D eigenvalue weighted by molar-refractivity contribution is 6.39. The van der Waals surface area contributed by atoms with E-state index < -0.39 is 23.3 Å². The smallest absolute Gasteiger partial charge is 0.354 e. The Morgan fingerprint density at radius 1 is 1.20 bits per heavy atom. The molecule has 25 heavy (non-hydrogen) atoms. The van der Waals surface area contributed by atoms with Gasteiger partial charge in [0.25, 0.3) is 5.91 Å². The summed E-state index contributed by atoms with van der Waals surface area (Å²) in [5, 5.41) is 7.01. The minimum absolute atomic E-state index is 0.139. The second kappa shape index (κ2) is 5.96. The third-order valence-corrected chi connectivity index (χ3v) is 4.18. The summed E-state index contributed by atoms with van der Waals surface area (Å²) in [6.07, 6.45) is -0.559. The van der Waals surface area contributed by atoms with Crippen molar-refractivity contribution in [2.45, 2.75) is 18.4 Å². The molecule has 130 valence electrons. The Labute approximate surface area is 141 Å². The van der Waals surface area contributed by atoms with Crippen molar-refractivity contribution in [2.24, 2.45) is 10.4 Å². The van der Waals surface area contributed by atoms with E-state index in [-0.39, 0.29) is 18.6 Å². The molecule has 0 radical (unpaired) electrons. The van der Waals surface area contributed by atoms with Crippen molar-refractivity contribution < 1.29 is 23.9 Å². The summed E-state index contributed by atoms with van der Waals surface area (Å²) in [6, 6.07) is 6.29. The van der Waals surface area contributed by atoms with E-state index in [9.17, 15) is 19.3 Å². The van der Waals surface area contributed by atoms with Crippen LogP contribution in [-0.4, -0.2) is 48.4 Å². The van der Waals surface area contributed by atoms with Crippen LogP contribution >= 0.6 is 0 Å². The number of hydrogen-bond donors (Lipinski definition) is 0. The van der Waals surface area contributed by atoms with E-state index >= 15 is 0 Å². The summed E-state index contributed by atoms with van der Waals surface area (Å²) >= 11 is 0. The Hall–Kier alpha value is -3.30. The Morgan fingerprint density at radius 3 is 2.44 bits per heavy atom. The second-order valence-electron chi connectivity index (χ2n) is 5.53. The highest BCUT2D eigenvalue weighted by Crippen LogP contribution is 2.40. The molecule has 1 spiro atoms. The molecule has 1 atom stereocenters. The number of amides is 2. The van der Waals surface area contributed by atoms with Gasteiger partial charge >= 0.3 is 5.97 Å². The van der Waals surface area contributed by atoms with Gasteiger partial charge in [-0.15, -0.1) is 15.1 Å². The van der Waals surface area contributed by atoms with Crippen molar-refractivity contribution >= 4 is 29.2 Å². The van der Waals surface area contributed by atoms with E-state index in [1.54, 1.807) is 24.3 Å². The largest absolute Gasteiger partial charge is 0.497 e. The lowest BCUT2D eigenvalue weighted by Gasteiger charge is -2.24. The molecule has 2 amide bonds. The fourth-order valence-corrected chi connectivity index (χ4v) is 2.93. The zero-order valence-corrected chi connectivity index (χ0v) is 13.5. The first-order valence-electron chi connectivity index (χ1n) is 7.27. The average Bonchev–Trinajstić information content (AvgIpc) is 3.12. The lowest BCUT2D eigenvalue weighted by atomic mass is 9.92. The average molecular weight is 346 g/mol. The van der Waals surface area contributed by atoms with Crippen LogP contribution in [0, 0.1) is 4.91 Å². The molecule has 0 N–H and O–H groups in total. The molecule has 1 aromatic carbocycles. The number of hydrogen-bond acceptors (Lipinski definition) is 8. The highest BCUT2D eigenvalue weighted by atomic mass is 16.5. The molecule has 1 unspecified atom stereocenters. The molecule has 10 heteroatoms. The van der Waals surface area contributed by atoms with E-state index in [0.29, 0.717) is 16.6 Å². The van der Waals surface area contributed by atoms with Gasteiger partial charge in [-0.1, -0.05) is 0 Å². The molecule has 1 aromatic rings. The van der Waals surface area contributed by atoms with Crippen molar-refractivity contribution in [3.8, 4) is 5.75 Å². The van der Waals surface area contributed by atoms with Gasteiger partial charge in [-0.25, -0.2) is 9.69 Å². The van der Waals surface area contributed by atoms with Crippen molar-refractivity contribution in [1.29, 1.82) is 0 Å². The van der Waals surface area contributed by atoms with E-state index in [0.717, 1.165) is 12.0 Å². The zero-order valence-electron chi connectivity index (χ0n) is 13.5. The molecule has 2 aliphatic heterocycles. The first kappa shape index (κ1) is 16.6. The van der Waals surface area contributed by atoms with Crippen LogP contribution < -0.4 is 9.64 Å². The number of carbonyl (C=O) groups is 3. The Bertz CT molecular complexity index is 790. The molecule has 0 bridgehead atoms. The minimum atomic E-state index is -1.64. The Morgan fingerprint density at radius 2 is 1.88 bits per heavy atom. The lowest BCUT2D eigenvalue weighted by Crippen LogP contribution is -2.48. The van der Waals surface area contributed by atoms with Gasteiger partial charge in [-0.2, -0.15) is 0 Å². The van der Waals surface area contributed by atoms with Gasteiger partial charge in [-0.3, -0.25) is 9.59 Å².